The zero-order valence-corrected chi connectivity index (χ0v) is 11.6. The number of esters is 2. The van der Waals surface area contributed by atoms with Crippen molar-refractivity contribution in [1.82, 2.24) is 0 Å². The summed E-state index contributed by atoms with van der Waals surface area (Å²) < 4.78 is 18.6. The van der Waals surface area contributed by atoms with E-state index in [1.807, 2.05) is 0 Å². The van der Waals surface area contributed by atoms with E-state index in [1.54, 1.807) is 14.2 Å². The highest BCUT2D eigenvalue weighted by atomic mass is 16.6. The summed E-state index contributed by atoms with van der Waals surface area (Å²) in [6.07, 6.45) is 3.00. The van der Waals surface area contributed by atoms with Crippen LogP contribution in [0.4, 0.5) is 0 Å². The van der Waals surface area contributed by atoms with Crippen LogP contribution >= 0.6 is 0 Å². The highest BCUT2D eigenvalue weighted by molar-refractivity contribution is 5.81. The van der Waals surface area contributed by atoms with Gasteiger partial charge >= 0.3 is 11.9 Å². The van der Waals surface area contributed by atoms with Gasteiger partial charge in [0.2, 0.25) is 0 Å². The van der Waals surface area contributed by atoms with Gasteiger partial charge in [-0.3, -0.25) is 0 Å². The average molecular weight is 274 g/mol. The second kappa shape index (κ2) is 16.3. The molecule has 0 aliphatic heterocycles. The highest BCUT2D eigenvalue weighted by Gasteiger charge is 1.93. The molecule has 0 unspecified atom stereocenters. The third-order valence-corrected chi connectivity index (χ3v) is 1.60. The van der Waals surface area contributed by atoms with Crippen molar-refractivity contribution < 1.29 is 28.5 Å². The summed E-state index contributed by atoms with van der Waals surface area (Å²) in [6, 6.07) is 0. The van der Waals surface area contributed by atoms with Gasteiger partial charge in [-0.05, 0) is 0 Å². The van der Waals surface area contributed by atoms with Crippen LogP contribution in [0.2, 0.25) is 0 Å². The second-order valence-electron chi connectivity index (χ2n) is 3.08. The van der Waals surface area contributed by atoms with Crippen molar-refractivity contribution >= 4 is 11.9 Å². The molecule has 0 fully saturated rings. The number of carbonyl (C=O) groups excluding carboxylic acids is 2. The maximum atomic E-state index is 10.4. The topological polar surface area (TPSA) is 71.1 Å². The maximum absolute atomic E-state index is 10.4. The molecule has 19 heavy (non-hydrogen) atoms. The van der Waals surface area contributed by atoms with Crippen molar-refractivity contribution in [3.8, 4) is 0 Å². The lowest BCUT2D eigenvalue weighted by Gasteiger charge is -1.99. The summed E-state index contributed by atoms with van der Waals surface area (Å²) in [6.45, 7) is 8.22. The van der Waals surface area contributed by atoms with E-state index in [4.69, 9.17) is 4.74 Å². The Hall–Kier alpha value is -1.66. The highest BCUT2D eigenvalue weighted by Crippen LogP contribution is 1.84. The van der Waals surface area contributed by atoms with E-state index in [9.17, 15) is 9.59 Å². The van der Waals surface area contributed by atoms with Crippen LogP contribution in [-0.4, -0.2) is 52.6 Å². The SMILES string of the molecule is C=CC(=O)OCCCOC.C=CC(=O)OCCOC. The molecule has 0 aromatic carbocycles. The molecule has 6 nitrogen and oxygen atoms in total. The van der Waals surface area contributed by atoms with Crippen molar-refractivity contribution in [2.45, 2.75) is 6.42 Å². The van der Waals surface area contributed by atoms with Crippen LogP contribution in [0.25, 0.3) is 0 Å². The van der Waals surface area contributed by atoms with Crippen LogP contribution in [-0.2, 0) is 28.5 Å². The fraction of sp³-hybridized carbons (Fsp3) is 0.538. The zero-order valence-electron chi connectivity index (χ0n) is 11.6. The lowest BCUT2D eigenvalue weighted by Crippen LogP contribution is -2.06. The van der Waals surface area contributed by atoms with Gasteiger partial charge in [0.25, 0.3) is 0 Å². The first-order valence-electron chi connectivity index (χ1n) is 5.68. The summed E-state index contributed by atoms with van der Waals surface area (Å²) in [4.78, 5) is 20.7. The van der Waals surface area contributed by atoms with E-state index in [1.165, 1.54) is 0 Å². The standard InChI is InChI=1S/C7H12O3.C6H10O3/c1-3-7(8)10-6-4-5-9-2;1-3-6(7)9-5-4-8-2/h3H,1,4-6H2,2H3;3H,1,4-5H2,2H3. The number of ether oxygens (including phenoxy) is 4. The molecular formula is C13H22O6. The van der Waals surface area contributed by atoms with Gasteiger partial charge in [0.05, 0.1) is 13.2 Å². The summed E-state index contributed by atoms with van der Waals surface area (Å²) >= 11 is 0. The Morgan fingerprint density at radius 2 is 1.32 bits per heavy atom. The molecule has 0 spiro atoms. The van der Waals surface area contributed by atoms with Crippen molar-refractivity contribution in [2.24, 2.45) is 0 Å². The van der Waals surface area contributed by atoms with Gasteiger partial charge in [0, 0.05) is 39.4 Å². The van der Waals surface area contributed by atoms with Gasteiger partial charge in [-0.2, -0.15) is 0 Å². The van der Waals surface area contributed by atoms with Crippen LogP contribution in [0.1, 0.15) is 6.42 Å². The van der Waals surface area contributed by atoms with Crippen molar-refractivity contribution in [3.63, 3.8) is 0 Å². The molecule has 0 N–H and O–H groups in total. The number of carbonyl (C=O) groups is 2. The van der Waals surface area contributed by atoms with Gasteiger partial charge < -0.3 is 18.9 Å². The predicted molar refractivity (Wildman–Crippen MR) is 70.7 cm³/mol. The predicted octanol–water partition coefficient (Wildman–Crippen LogP) is 1.11. The molecule has 0 radical (unpaired) electrons. The van der Waals surface area contributed by atoms with Gasteiger partial charge in [0.1, 0.15) is 6.61 Å². The Bertz CT molecular complexity index is 262. The van der Waals surface area contributed by atoms with Crippen LogP contribution < -0.4 is 0 Å². The smallest absolute Gasteiger partial charge is 0.330 e. The van der Waals surface area contributed by atoms with E-state index >= 15 is 0 Å². The Labute approximate surface area is 114 Å². The van der Waals surface area contributed by atoms with Gasteiger partial charge in [-0.25, -0.2) is 9.59 Å². The molecule has 0 bridgehead atoms. The first-order valence-corrected chi connectivity index (χ1v) is 5.68. The summed E-state index contributed by atoms with van der Waals surface area (Å²) in [5.74, 6) is -0.789. The fourth-order valence-electron chi connectivity index (χ4n) is 0.719. The van der Waals surface area contributed by atoms with E-state index in [2.05, 4.69) is 27.4 Å². The summed E-state index contributed by atoms with van der Waals surface area (Å²) in [5, 5.41) is 0. The Morgan fingerprint density at radius 1 is 0.842 bits per heavy atom. The normalized spacial score (nSPS) is 8.74. The van der Waals surface area contributed by atoms with Gasteiger partial charge in [-0.1, -0.05) is 13.2 Å². The fourth-order valence-corrected chi connectivity index (χ4v) is 0.719. The van der Waals surface area contributed by atoms with E-state index < -0.39 is 5.97 Å². The van der Waals surface area contributed by atoms with Crippen molar-refractivity contribution in [3.05, 3.63) is 25.3 Å². The molecule has 0 atom stereocenters. The average Bonchev–Trinajstić information content (AvgIpc) is 2.44. The lowest BCUT2D eigenvalue weighted by molar-refractivity contribution is -0.139. The Kier molecular flexibility index (Phi) is 16.9. The monoisotopic (exact) mass is 274 g/mol. The van der Waals surface area contributed by atoms with Gasteiger partial charge in [0.15, 0.2) is 0 Å². The molecule has 0 aliphatic carbocycles. The number of rotatable bonds is 9. The molecule has 0 aromatic heterocycles. The third kappa shape index (κ3) is 18.9. The molecule has 110 valence electrons. The minimum Gasteiger partial charge on any atom is -0.462 e. The maximum Gasteiger partial charge on any atom is 0.330 e. The van der Waals surface area contributed by atoms with Crippen molar-refractivity contribution in [1.29, 1.82) is 0 Å². The third-order valence-electron chi connectivity index (χ3n) is 1.60. The van der Waals surface area contributed by atoms with Crippen LogP contribution in [0.15, 0.2) is 25.3 Å². The Balaban J connectivity index is 0. The first kappa shape index (κ1) is 19.7. The summed E-state index contributed by atoms with van der Waals surface area (Å²) in [7, 11) is 3.15. The quantitative estimate of drug-likeness (QED) is 0.356. The van der Waals surface area contributed by atoms with Crippen LogP contribution in [0.3, 0.4) is 0 Å². The van der Waals surface area contributed by atoms with Crippen molar-refractivity contribution in [2.75, 3.05) is 40.6 Å². The molecule has 0 saturated carbocycles. The minimum absolute atomic E-state index is 0.293. The lowest BCUT2D eigenvalue weighted by atomic mass is 10.5. The number of methoxy groups -OCH3 is 2. The van der Waals surface area contributed by atoms with Crippen LogP contribution in [0, 0.1) is 0 Å². The van der Waals surface area contributed by atoms with E-state index in [0.29, 0.717) is 26.4 Å². The molecule has 0 saturated heterocycles. The molecule has 6 heteroatoms. The molecular weight excluding hydrogens is 252 g/mol. The van der Waals surface area contributed by atoms with E-state index in [-0.39, 0.29) is 5.97 Å². The summed E-state index contributed by atoms with van der Waals surface area (Å²) in [5.41, 5.74) is 0. The minimum atomic E-state index is -0.410. The molecule has 0 aliphatic rings. The van der Waals surface area contributed by atoms with E-state index in [0.717, 1.165) is 18.6 Å². The molecule has 0 rings (SSSR count). The largest absolute Gasteiger partial charge is 0.462 e. The number of hydrogen-bond donors (Lipinski definition) is 0. The first-order chi connectivity index (χ1) is 9.12. The second-order valence-corrected chi connectivity index (χ2v) is 3.08. The molecule has 0 aromatic rings. The van der Waals surface area contributed by atoms with Crippen LogP contribution in [0.5, 0.6) is 0 Å². The Morgan fingerprint density at radius 3 is 1.74 bits per heavy atom. The molecule has 0 heterocycles. The molecule has 0 amide bonds. The number of hydrogen-bond acceptors (Lipinski definition) is 6. The van der Waals surface area contributed by atoms with Gasteiger partial charge in [-0.15, -0.1) is 0 Å². The zero-order chi connectivity index (χ0) is 14.9.